The lowest BCUT2D eigenvalue weighted by Gasteiger charge is -2.18. The molecule has 1 aliphatic heterocycles. The number of hydrogen-bond acceptors (Lipinski definition) is 7. The van der Waals surface area contributed by atoms with Crippen LogP contribution in [0.4, 0.5) is 10.5 Å². The van der Waals surface area contributed by atoms with Crippen molar-refractivity contribution < 1.29 is 13.2 Å². The number of carbonyl (C=O) groups is 1. The van der Waals surface area contributed by atoms with Gasteiger partial charge in [0.2, 0.25) is 10.0 Å². The van der Waals surface area contributed by atoms with Crippen LogP contribution in [0, 0.1) is 18.4 Å². The molecule has 2 aromatic carbocycles. The van der Waals surface area contributed by atoms with Gasteiger partial charge in [0.15, 0.2) is 6.19 Å². The lowest BCUT2D eigenvalue weighted by Crippen LogP contribution is -2.39. The molecule has 1 fully saturated rings. The number of nitriles is 1. The number of urea groups is 1. The Kier molecular flexibility index (Phi) is 8.31. The van der Waals surface area contributed by atoms with Crippen molar-refractivity contribution in [2.45, 2.75) is 30.3 Å². The van der Waals surface area contributed by atoms with Crippen molar-refractivity contribution in [1.29, 1.82) is 5.26 Å². The van der Waals surface area contributed by atoms with E-state index < -0.39 is 22.1 Å². The Morgan fingerprint density at radius 2 is 2.08 bits per heavy atom. The van der Waals surface area contributed by atoms with Crippen LogP contribution in [0.25, 0.3) is 11.3 Å². The highest BCUT2D eigenvalue weighted by Gasteiger charge is 2.35. The van der Waals surface area contributed by atoms with Crippen molar-refractivity contribution in [2.75, 3.05) is 18.4 Å². The fourth-order valence-electron chi connectivity index (χ4n) is 3.92. The Bertz CT molecular complexity index is 1420. The lowest BCUT2D eigenvalue weighted by molar-refractivity contribution is 0.248. The third-order valence-corrected chi connectivity index (χ3v) is 9.36. The highest BCUT2D eigenvalue weighted by molar-refractivity contribution is 9.11. The monoisotopic (exact) mass is 652 g/mol. The van der Waals surface area contributed by atoms with E-state index in [0.29, 0.717) is 21.1 Å². The molecular weight excluding hydrogens is 632 g/mol. The molecule has 188 valence electrons. The van der Waals surface area contributed by atoms with E-state index in [2.05, 4.69) is 58.4 Å². The van der Waals surface area contributed by atoms with Crippen LogP contribution >= 0.6 is 43.2 Å². The molecule has 1 unspecified atom stereocenters. The number of rotatable bonds is 7. The maximum absolute atomic E-state index is 12.9. The molecule has 1 aliphatic rings. The molecule has 4 rings (SSSR count). The second kappa shape index (κ2) is 11.3. The summed E-state index contributed by atoms with van der Waals surface area (Å²) in [6.45, 7) is 2.33. The molecule has 3 aromatic rings. The number of carbonyl (C=O) groups excluding carboxylic acids is 1. The van der Waals surface area contributed by atoms with Gasteiger partial charge in [-0.25, -0.2) is 22.9 Å². The van der Waals surface area contributed by atoms with Gasteiger partial charge in [-0.05, 0) is 59.6 Å². The molecule has 0 bridgehead atoms. The van der Waals surface area contributed by atoms with E-state index in [0.717, 1.165) is 16.3 Å². The van der Waals surface area contributed by atoms with Gasteiger partial charge >= 0.3 is 6.03 Å². The number of nitrogens with zero attached hydrogens (tertiary/aromatic N) is 3. The molecular formula is C23H22Br2N6O3S2. The Labute approximate surface area is 230 Å². The first-order valence-electron chi connectivity index (χ1n) is 10.9. The van der Waals surface area contributed by atoms with Gasteiger partial charge < -0.3 is 15.5 Å². The summed E-state index contributed by atoms with van der Waals surface area (Å²) in [5, 5.41) is 18.1. The van der Waals surface area contributed by atoms with Crippen molar-refractivity contribution in [3.8, 4) is 17.5 Å². The van der Waals surface area contributed by atoms with Gasteiger partial charge in [-0.3, -0.25) is 0 Å². The minimum Gasteiger partial charge on any atom is -0.336 e. The quantitative estimate of drug-likeness (QED) is 0.318. The van der Waals surface area contributed by atoms with Crippen molar-refractivity contribution in [1.82, 2.24) is 19.9 Å². The van der Waals surface area contributed by atoms with Crippen molar-refractivity contribution >= 4 is 64.9 Å². The van der Waals surface area contributed by atoms with Gasteiger partial charge in [-0.1, -0.05) is 28.1 Å². The molecule has 13 heteroatoms. The highest BCUT2D eigenvalue weighted by Crippen LogP contribution is 2.27. The number of amides is 2. The summed E-state index contributed by atoms with van der Waals surface area (Å²) in [5.41, 5.74) is 2.36. The summed E-state index contributed by atoms with van der Waals surface area (Å²) in [5.74, 6) is 0. The maximum Gasteiger partial charge on any atom is 0.319 e. The topological polar surface area (TPSA) is 127 Å². The normalized spacial score (nSPS) is 17.6. The molecule has 36 heavy (non-hydrogen) atoms. The van der Waals surface area contributed by atoms with Crippen LogP contribution in [0.2, 0.25) is 0 Å². The minimum atomic E-state index is -3.82. The van der Waals surface area contributed by atoms with Crippen LogP contribution in [-0.2, 0) is 10.0 Å². The van der Waals surface area contributed by atoms with E-state index in [1.807, 2.05) is 30.5 Å². The number of anilines is 1. The fourth-order valence-corrected chi connectivity index (χ4v) is 7.29. The molecule has 2 atom stereocenters. The van der Waals surface area contributed by atoms with Crippen LogP contribution < -0.4 is 15.4 Å². The molecule has 0 radical (unpaired) electrons. The van der Waals surface area contributed by atoms with Crippen LogP contribution in [0.3, 0.4) is 0 Å². The molecule has 0 saturated carbocycles. The minimum absolute atomic E-state index is 0.108. The zero-order valence-electron chi connectivity index (χ0n) is 19.0. The van der Waals surface area contributed by atoms with E-state index >= 15 is 0 Å². The van der Waals surface area contributed by atoms with Gasteiger partial charge in [0.1, 0.15) is 0 Å². The van der Waals surface area contributed by atoms with E-state index in [1.165, 1.54) is 11.0 Å². The van der Waals surface area contributed by atoms with Gasteiger partial charge in [0.05, 0.1) is 21.6 Å². The largest absolute Gasteiger partial charge is 0.336 e. The Morgan fingerprint density at radius 1 is 1.28 bits per heavy atom. The average Bonchev–Trinajstić information content (AvgIpc) is 3.44. The molecule has 2 amide bonds. The summed E-state index contributed by atoms with van der Waals surface area (Å²) in [4.78, 5) is 18.6. The summed E-state index contributed by atoms with van der Waals surface area (Å²) in [6.07, 6.45) is 2.47. The van der Waals surface area contributed by atoms with Crippen LogP contribution in [0.5, 0.6) is 0 Å². The number of sulfonamides is 1. The lowest BCUT2D eigenvalue weighted by atomic mass is 10.1. The van der Waals surface area contributed by atoms with Gasteiger partial charge in [-0.2, -0.15) is 5.26 Å². The number of nitrogens with one attached hydrogen (secondary N) is 3. The second-order valence-electron chi connectivity index (χ2n) is 8.20. The van der Waals surface area contributed by atoms with Crippen LogP contribution in [0.15, 0.2) is 61.7 Å². The number of halogens is 2. The van der Waals surface area contributed by atoms with Crippen LogP contribution in [0.1, 0.15) is 11.4 Å². The first kappa shape index (κ1) is 26.6. The maximum atomic E-state index is 12.9. The molecule has 2 heterocycles. The Balaban J connectivity index is 1.34. The first-order valence-corrected chi connectivity index (χ1v) is 14.8. The molecule has 0 spiro atoms. The highest BCUT2D eigenvalue weighted by atomic mass is 79.9. The summed E-state index contributed by atoms with van der Waals surface area (Å²) in [7, 11) is -3.82. The Hall–Kier alpha value is -2.50. The van der Waals surface area contributed by atoms with Gasteiger partial charge in [-0.15, -0.1) is 11.3 Å². The zero-order chi connectivity index (χ0) is 25.9. The second-order valence-corrected chi connectivity index (χ2v) is 12.7. The van der Waals surface area contributed by atoms with Crippen molar-refractivity contribution in [3.63, 3.8) is 0 Å². The molecule has 3 N–H and O–H groups in total. The zero-order valence-corrected chi connectivity index (χ0v) is 23.8. The van der Waals surface area contributed by atoms with Gasteiger partial charge in [0, 0.05) is 44.7 Å². The third-order valence-electron chi connectivity index (χ3n) is 5.58. The number of hydrogen-bond donors (Lipinski definition) is 3. The summed E-state index contributed by atoms with van der Waals surface area (Å²) < 4.78 is 29.6. The first-order chi connectivity index (χ1) is 17.1. The van der Waals surface area contributed by atoms with E-state index in [9.17, 15) is 18.5 Å². The van der Waals surface area contributed by atoms with Crippen molar-refractivity contribution in [3.05, 3.63) is 61.8 Å². The number of aromatic nitrogens is 1. The number of aryl methyl sites for hydroxylation is 1. The smallest absolute Gasteiger partial charge is 0.319 e. The molecule has 9 nitrogen and oxygen atoms in total. The standard InChI is InChI=1S/C23H22Br2N6O3S2/c1-14-28-21(12-35-14)15-3-2-4-17(7-15)29-23(32)27-10-19-9-18(11-31(19)13-26)30-36(33,34)22-8-16(24)5-6-20(22)25/h2-8,12,18-19,30H,9-11H2,1H3,(H2,27,29,32)/t18?,19-/m1/s1. The average molecular weight is 654 g/mol. The number of likely N-dealkylation sites (tertiary alicyclic amines) is 1. The molecule has 1 aromatic heterocycles. The molecule has 1 saturated heterocycles. The van der Waals surface area contributed by atoms with E-state index in [1.54, 1.807) is 29.5 Å². The predicted octanol–water partition coefficient (Wildman–Crippen LogP) is 4.67. The SMILES string of the molecule is Cc1nc(-c2cccc(NC(=O)NC[C@H]3CC(NS(=O)(=O)c4cc(Br)ccc4Br)CN3C#N)c2)cs1. The predicted molar refractivity (Wildman–Crippen MR) is 146 cm³/mol. The summed E-state index contributed by atoms with van der Waals surface area (Å²) >= 11 is 8.13. The number of thiazole rings is 1. The summed E-state index contributed by atoms with van der Waals surface area (Å²) in [6, 6.07) is 11.0. The van der Waals surface area contributed by atoms with Crippen LogP contribution in [-0.4, -0.2) is 49.5 Å². The van der Waals surface area contributed by atoms with Crippen molar-refractivity contribution in [2.24, 2.45) is 0 Å². The fraction of sp³-hybridized carbons (Fsp3) is 0.261. The third kappa shape index (κ3) is 6.43. The van der Waals surface area contributed by atoms with E-state index in [4.69, 9.17) is 0 Å². The van der Waals surface area contributed by atoms with E-state index in [-0.39, 0.29) is 24.0 Å². The molecule has 0 aliphatic carbocycles. The number of benzene rings is 2. The van der Waals surface area contributed by atoms with Gasteiger partial charge in [0.25, 0.3) is 0 Å². The Morgan fingerprint density at radius 3 is 2.81 bits per heavy atom.